The van der Waals surface area contributed by atoms with Gasteiger partial charge in [-0.1, -0.05) is 11.6 Å². The predicted molar refractivity (Wildman–Crippen MR) is 84.3 cm³/mol. The quantitative estimate of drug-likeness (QED) is 0.877. The number of benzene rings is 1. The monoisotopic (exact) mass is 331 g/mol. The van der Waals surface area contributed by atoms with E-state index in [9.17, 15) is 14.4 Å². The molecule has 0 saturated heterocycles. The van der Waals surface area contributed by atoms with Crippen molar-refractivity contribution in [2.24, 2.45) is 0 Å². The van der Waals surface area contributed by atoms with Crippen LogP contribution in [0.25, 0.3) is 0 Å². The minimum Gasteiger partial charge on any atom is -0.467 e. The molecule has 0 spiro atoms. The predicted octanol–water partition coefficient (Wildman–Crippen LogP) is 3.13. The van der Waals surface area contributed by atoms with Crippen molar-refractivity contribution < 1.29 is 18.8 Å². The molecule has 5 nitrogen and oxygen atoms in total. The van der Waals surface area contributed by atoms with Gasteiger partial charge in [0.1, 0.15) is 5.76 Å². The van der Waals surface area contributed by atoms with E-state index < -0.39 is 22.9 Å². The first kappa shape index (κ1) is 15.5. The number of halogens is 1. The van der Waals surface area contributed by atoms with E-state index in [1.165, 1.54) is 12.3 Å². The highest BCUT2D eigenvalue weighted by Crippen LogP contribution is 2.36. The second kappa shape index (κ2) is 6.01. The van der Waals surface area contributed by atoms with E-state index in [4.69, 9.17) is 16.0 Å². The molecular weight excluding hydrogens is 318 g/mol. The summed E-state index contributed by atoms with van der Waals surface area (Å²) in [4.78, 5) is 37.9. The van der Waals surface area contributed by atoms with Gasteiger partial charge >= 0.3 is 0 Å². The van der Waals surface area contributed by atoms with E-state index in [0.29, 0.717) is 17.1 Å². The van der Waals surface area contributed by atoms with Gasteiger partial charge in [0.05, 0.1) is 6.26 Å². The average molecular weight is 332 g/mol. The number of ketones is 2. The average Bonchev–Trinajstić information content (AvgIpc) is 3.04. The van der Waals surface area contributed by atoms with Gasteiger partial charge in [0, 0.05) is 23.6 Å². The second-order valence-corrected chi connectivity index (χ2v) is 5.82. The molecule has 1 fully saturated rings. The smallest absolute Gasteiger partial charge is 0.253 e. The van der Waals surface area contributed by atoms with Gasteiger partial charge in [0.2, 0.25) is 5.41 Å². The number of hydrogen-bond donors (Lipinski definition) is 1. The lowest BCUT2D eigenvalue weighted by Crippen LogP contribution is -2.55. The van der Waals surface area contributed by atoms with E-state index in [0.717, 1.165) is 0 Å². The van der Waals surface area contributed by atoms with Gasteiger partial charge < -0.3 is 9.73 Å². The number of amides is 1. The summed E-state index contributed by atoms with van der Waals surface area (Å²) in [5.41, 5.74) is -1.45. The number of carbonyl (C=O) groups is 3. The highest BCUT2D eigenvalue weighted by atomic mass is 35.5. The number of carbonyl (C=O) groups excluding carboxylic acids is 3. The zero-order valence-corrected chi connectivity index (χ0v) is 12.9. The minimum absolute atomic E-state index is 0.0682. The van der Waals surface area contributed by atoms with Crippen LogP contribution < -0.4 is 5.32 Å². The van der Waals surface area contributed by atoms with Crippen molar-refractivity contribution in [1.29, 1.82) is 0 Å². The molecule has 3 rings (SSSR count). The molecule has 6 heteroatoms. The first-order valence-corrected chi connectivity index (χ1v) is 7.60. The number of rotatable bonds is 3. The van der Waals surface area contributed by atoms with Crippen LogP contribution in [0.4, 0.5) is 5.69 Å². The maximum absolute atomic E-state index is 12.8. The summed E-state index contributed by atoms with van der Waals surface area (Å²) in [6, 6.07) is 9.48. The van der Waals surface area contributed by atoms with Crippen LogP contribution >= 0.6 is 11.6 Å². The fourth-order valence-electron chi connectivity index (χ4n) is 2.83. The van der Waals surface area contributed by atoms with Gasteiger partial charge in [0.25, 0.3) is 5.91 Å². The van der Waals surface area contributed by atoms with Crippen molar-refractivity contribution in [2.45, 2.75) is 24.7 Å². The molecule has 1 N–H and O–H groups in total. The van der Waals surface area contributed by atoms with Crippen molar-refractivity contribution in [2.75, 3.05) is 5.32 Å². The number of hydrogen-bond acceptors (Lipinski definition) is 4. The number of Topliss-reactive ketones (excluding diaryl/α,β-unsaturated/α-hetero) is 2. The molecule has 118 valence electrons. The van der Waals surface area contributed by atoms with E-state index in [1.54, 1.807) is 30.3 Å². The zero-order chi connectivity index (χ0) is 16.4. The maximum Gasteiger partial charge on any atom is 0.253 e. The van der Waals surface area contributed by atoms with E-state index in [-0.39, 0.29) is 18.6 Å². The van der Waals surface area contributed by atoms with Crippen molar-refractivity contribution in [3.63, 3.8) is 0 Å². The summed E-state index contributed by atoms with van der Waals surface area (Å²) >= 11 is 5.82. The Bertz CT molecular complexity index is 733. The topological polar surface area (TPSA) is 76.4 Å². The summed E-state index contributed by atoms with van der Waals surface area (Å²) in [7, 11) is 0. The maximum atomic E-state index is 12.8. The summed E-state index contributed by atoms with van der Waals surface area (Å²) in [6.07, 6.45) is 2.14. The zero-order valence-electron chi connectivity index (χ0n) is 12.2. The lowest BCUT2D eigenvalue weighted by atomic mass is 9.69. The minimum atomic E-state index is -1.90. The Balaban J connectivity index is 2.01. The van der Waals surface area contributed by atoms with Crippen LogP contribution in [-0.2, 0) is 19.8 Å². The summed E-state index contributed by atoms with van der Waals surface area (Å²) in [6.45, 7) is 0. The fourth-order valence-corrected chi connectivity index (χ4v) is 2.96. The SMILES string of the molecule is O=C1CCCC(=O)C1(C(=O)Nc1ccc(Cl)cc1)c1ccco1. The van der Waals surface area contributed by atoms with Gasteiger partial charge in [-0.15, -0.1) is 0 Å². The molecule has 1 aliphatic carbocycles. The molecule has 0 bridgehead atoms. The Morgan fingerprint density at radius 2 is 1.74 bits per heavy atom. The Kier molecular flexibility index (Phi) is 4.05. The van der Waals surface area contributed by atoms with Crippen molar-refractivity contribution in [3.8, 4) is 0 Å². The van der Waals surface area contributed by atoms with Crippen LogP contribution in [0.2, 0.25) is 5.02 Å². The Hall–Kier alpha value is -2.40. The standard InChI is InChI=1S/C17H14ClNO4/c18-11-6-8-12(9-7-11)19-16(22)17(15-5-2-10-23-15)13(20)3-1-4-14(17)21/h2,5-10H,1,3-4H2,(H,19,22). The lowest BCUT2D eigenvalue weighted by Gasteiger charge is -2.31. The van der Waals surface area contributed by atoms with Crippen LogP contribution in [0.3, 0.4) is 0 Å². The van der Waals surface area contributed by atoms with Crippen LogP contribution in [0.5, 0.6) is 0 Å². The van der Waals surface area contributed by atoms with E-state index >= 15 is 0 Å². The normalized spacial score (nSPS) is 17.1. The molecule has 0 aliphatic heterocycles. The molecular formula is C17H14ClNO4. The van der Waals surface area contributed by atoms with Crippen LogP contribution in [-0.4, -0.2) is 17.5 Å². The highest BCUT2D eigenvalue weighted by molar-refractivity contribution is 6.32. The molecule has 1 aromatic heterocycles. The Morgan fingerprint density at radius 3 is 2.30 bits per heavy atom. The number of furan rings is 1. The summed E-state index contributed by atoms with van der Waals surface area (Å²) in [5, 5.41) is 3.15. The molecule has 23 heavy (non-hydrogen) atoms. The highest BCUT2D eigenvalue weighted by Gasteiger charge is 2.56. The van der Waals surface area contributed by atoms with E-state index in [2.05, 4.69) is 5.32 Å². The van der Waals surface area contributed by atoms with Gasteiger partial charge in [-0.2, -0.15) is 0 Å². The first-order chi connectivity index (χ1) is 11.0. The van der Waals surface area contributed by atoms with Crippen LogP contribution in [0.1, 0.15) is 25.0 Å². The van der Waals surface area contributed by atoms with Gasteiger partial charge in [-0.25, -0.2) is 0 Å². The number of nitrogens with one attached hydrogen (secondary N) is 1. The molecule has 0 unspecified atom stereocenters. The molecule has 1 aromatic carbocycles. The third-order valence-corrected chi connectivity index (χ3v) is 4.23. The van der Waals surface area contributed by atoms with Gasteiger partial charge in [-0.3, -0.25) is 14.4 Å². The Labute approximate surface area is 137 Å². The second-order valence-electron chi connectivity index (χ2n) is 5.39. The lowest BCUT2D eigenvalue weighted by molar-refractivity contribution is -0.144. The molecule has 1 amide bonds. The van der Waals surface area contributed by atoms with Crippen LogP contribution in [0, 0.1) is 0 Å². The Morgan fingerprint density at radius 1 is 1.09 bits per heavy atom. The molecule has 0 radical (unpaired) electrons. The molecule has 2 aromatic rings. The molecule has 0 atom stereocenters. The van der Waals surface area contributed by atoms with Crippen LogP contribution in [0.15, 0.2) is 47.1 Å². The fraction of sp³-hybridized carbons (Fsp3) is 0.235. The third kappa shape index (κ3) is 2.57. The van der Waals surface area contributed by atoms with Crippen molar-refractivity contribution in [1.82, 2.24) is 0 Å². The largest absolute Gasteiger partial charge is 0.467 e. The molecule has 1 heterocycles. The first-order valence-electron chi connectivity index (χ1n) is 7.22. The van der Waals surface area contributed by atoms with Crippen molar-refractivity contribution in [3.05, 3.63) is 53.4 Å². The van der Waals surface area contributed by atoms with E-state index in [1.807, 2.05) is 0 Å². The van der Waals surface area contributed by atoms with Crippen molar-refractivity contribution >= 4 is 34.8 Å². The number of anilines is 1. The van der Waals surface area contributed by atoms with Gasteiger partial charge in [-0.05, 0) is 42.8 Å². The molecule has 1 saturated carbocycles. The summed E-state index contributed by atoms with van der Waals surface area (Å²) < 4.78 is 5.27. The third-order valence-electron chi connectivity index (χ3n) is 3.98. The van der Waals surface area contributed by atoms with Gasteiger partial charge in [0.15, 0.2) is 11.6 Å². The summed E-state index contributed by atoms with van der Waals surface area (Å²) in [5.74, 6) is -1.49. The molecule has 1 aliphatic rings.